The Labute approximate surface area is 175 Å². The van der Waals surface area contributed by atoms with E-state index < -0.39 is 23.3 Å². The van der Waals surface area contributed by atoms with Gasteiger partial charge in [0.1, 0.15) is 23.7 Å². The van der Waals surface area contributed by atoms with Crippen LogP contribution in [-0.4, -0.2) is 34.1 Å². The lowest BCUT2D eigenvalue weighted by Gasteiger charge is -2.23. The first kappa shape index (κ1) is 19.8. The second kappa shape index (κ2) is 7.42. The molecule has 10 heteroatoms. The molecule has 1 fully saturated rings. The molecule has 1 aliphatic rings. The third kappa shape index (κ3) is 3.26. The van der Waals surface area contributed by atoms with E-state index in [-0.39, 0.29) is 28.8 Å². The van der Waals surface area contributed by atoms with Crippen molar-refractivity contribution >= 4 is 23.5 Å². The van der Waals surface area contributed by atoms with Crippen molar-refractivity contribution < 1.29 is 23.2 Å². The van der Waals surface area contributed by atoms with Crippen molar-refractivity contribution in [3.8, 4) is 17.1 Å². The number of imide groups is 1. The van der Waals surface area contributed by atoms with Crippen molar-refractivity contribution in [2.24, 2.45) is 0 Å². The van der Waals surface area contributed by atoms with E-state index in [4.69, 9.17) is 20.9 Å². The monoisotopic (exact) mass is 430 g/mol. The largest absolute Gasteiger partial charge is 0.496 e. The van der Waals surface area contributed by atoms with E-state index in [0.29, 0.717) is 11.3 Å². The number of methoxy groups -OCH3 is 1. The lowest BCUT2D eigenvalue weighted by atomic mass is 9.92. The summed E-state index contributed by atoms with van der Waals surface area (Å²) in [6, 6.07) is 10.1. The fourth-order valence-corrected chi connectivity index (χ4v) is 3.67. The summed E-state index contributed by atoms with van der Waals surface area (Å²) >= 11 is 6.11. The van der Waals surface area contributed by atoms with E-state index in [0.717, 1.165) is 11.0 Å². The standard InChI is InChI=1S/C20H16ClFN4O4/c1-20(13-8-7-11(22)9-14(13)21)18(27)26(19(28)24-20)10-16-23-17(25-30-16)12-5-3-4-6-15(12)29-2/h3-9H,10H2,1-2H3,(H,24,28). The molecule has 1 atom stereocenters. The maximum absolute atomic E-state index is 13.4. The van der Waals surface area contributed by atoms with E-state index in [1.54, 1.807) is 24.3 Å². The first-order chi connectivity index (χ1) is 14.3. The number of ether oxygens (including phenoxy) is 1. The zero-order valence-corrected chi connectivity index (χ0v) is 16.7. The van der Waals surface area contributed by atoms with E-state index in [1.165, 1.54) is 26.2 Å². The molecule has 30 heavy (non-hydrogen) atoms. The summed E-state index contributed by atoms with van der Waals surface area (Å²) in [4.78, 5) is 30.7. The zero-order valence-electron chi connectivity index (χ0n) is 16.0. The number of nitrogens with one attached hydrogen (secondary N) is 1. The highest BCUT2D eigenvalue weighted by molar-refractivity contribution is 6.32. The Kier molecular flexibility index (Phi) is 4.90. The van der Waals surface area contributed by atoms with Crippen molar-refractivity contribution in [1.29, 1.82) is 0 Å². The number of hydrogen-bond donors (Lipinski definition) is 1. The van der Waals surface area contributed by atoms with Gasteiger partial charge < -0.3 is 14.6 Å². The molecule has 154 valence electrons. The van der Waals surface area contributed by atoms with Crippen LogP contribution >= 0.6 is 11.6 Å². The number of halogens is 2. The average molecular weight is 431 g/mol. The fourth-order valence-electron chi connectivity index (χ4n) is 3.31. The quantitative estimate of drug-likeness (QED) is 0.622. The number of carbonyl (C=O) groups is 2. The predicted octanol–water partition coefficient (Wildman–Crippen LogP) is 3.50. The Bertz CT molecular complexity index is 1150. The summed E-state index contributed by atoms with van der Waals surface area (Å²) < 4.78 is 23.9. The molecule has 8 nitrogen and oxygen atoms in total. The van der Waals surface area contributed by atoms with E-state index >= 15 is 0 Å². The number of carbonyl (C=O) groups excluding carboxylic acids is 2. The van der Waals surface area contributed by atoms with Gasteiger partial charge in [-0.15, -0.1) is 0 Å². The van der Waals surface area contributed by atoms with Crippen molar-refractivity contribution in [2.75, 3.05) is 7.11 Å². The molecule has 1 unspecified atom stereocenters. The Morgan fingerprint density at radius 2 is 2.03 bits per heavy atom. The van der Waals surface area contributed by atoms with Crippen molar-refractivity contribution in [1.82, 2.24) is 20.4 Å². The summed E-state index contributed by atoms with van der Waals surface area (Å²) in [6.45, 7) is 1.27. The second-order valence-corrected chi connectivity index (χ2v) is 7.19. The van der Waals surface area contributed by atoms with Crippen LogP contribution in [0.15, 0.2) is 47.0 Å². The molecular weight excluding hydrogens is 415 g/mol. The van der Waals surface area contributed by atoms with Gasteiger partial charge >= 0.3 is 6.03 Å². The maximum atomic E-state index is 13.4. The SMILES string of the molecule is COc1ccccc1-c1noc(CN2C(=O)NC(C)(c3ccc(F)cc3Cl)C2=O)n1. The Balaban J connectivity index is 1.60. The van der Waals surface area contributed by atoms with Crippen LogP contribution in [0.2, 0.25) is 5.02 Å². The van der Waals surface area contributed by atoms with E-state index in [1.807, 2.05) is 0 Å². The molecule has 0 saturated carbocycles. The van der Waals surface area contributed by atoms with Crippen LogP contribution in [0.5, 0.6) is 5.75 Å². The number of amides is 3. The van der Waals surface area contributed by atoms with Crippen LogP contribution in [0.25, 0.3) is 11.4 Å². The molecule has 3 aromatic rings. The summed E-state index contributed by atoms with van der Waals surface area (Å²) in [6.07, 6.45) is 0. The van der Waals surface area contributed by atoms with Crippen LogP contribution in [0, 0.1) is 5.82 Å². The second-order valence-electron chi connectivity index (χ2n) is 6.78. The number of urea groups is 1. The first-order valence-corrected chi connectivity index (χ1v) is 9.27. The molecule has 2 heterocycles. The smallest absolute Gasteiger partial charge is 0.325 e. The van der Waals surface area contributed by atoms with Gasteiger partial charge in [-0.25, -0.2) is 9.18 Å². The summed E-state index contributed by atoms with van der Waals surface area (Å²) in [5, 5.41) is 6.54. The Hall–Kier alpha value is -3.46. The molecule has 4 rings (SSSR count). The van der Waals surface area contributed by atoms with Crippen molar-refractivity contribution in [3.05, 3.63) is 64.8 Å². The van der Waals surface area contributed by atoms with Gasteiger partial charge in [0.15, 0.2) is 0 Å². The summed E-state index contributed by atoms with van der Waals surface area (Å²) in [5.41, 5.74) is -0.560. The minimum absolute atomic E-state index is 0.0317. The summed E-state index contributed by atoms with van der Waals surface area (Å²) in [7, 11) is 1.52. The van der Waals surface area contributed by atoms with Crippen LogP contribution < -0.4 is 10.1 Å². The molecule has 1 saturated heterocycles. The van der Waals surface area contributed by atoms with Crippen molar-refractivity contribution in [3.63, 3.8) is 0 Å². The topological polar surface area (TPSA) is 97.6 Å². The lowest BCUT2D eigenvalue weighted by molar-refractivity contribution is -0.131. The van der Waals surface area contributed by atoms with Gasteiger partial charge in [0, 0.05) is 10.6 Å². The maximum Gasteiger partial charge on any atom is 0.325 e. The molecule has 0 radical (unpaired) electrons. The van der Waals surface area contributed by atoms with Crippen LogP contribution in [0.4, 0.5) is 9.18 Å². The van der Waals surface area contributed by atoms with E-state index in [9.17, 15) is 14.0 Å². The molecule has 0 bridgehead atoms. The van der Waals surface area contributed by atoms with Gasteiger partial charge in [-0.05, 0) is 31.2 Å². The zero-order chi connectivity index (χ0) is 21.5. The molecule has 1 aromatic heterocycles. The molecular formula is C20H16ClFN4O4. The third-order valence-electron chi connectivity index (χ3n) is 4.85. The van der Waals surface area contributed by atoms with Gasteiger partial charge in [0.2, 0.25) is 11.7 Å². The van der Waals surface area contributed by atoms with Gasteiger partial charge in [0.25, 0.3) is 5.91 Å². The number of hydrogen-bond acceptors (Lipinski definition) is 6. The van der Waals surface area contributed by atoms with E-state index in [2.05, 4.69) is 15.5 Å². The average Bonchev–Trinajstić information content (AvgIpc) is 3.27. The highest BCUT2D eigenvalue weighted by Crippen LogP contribution is 2.35. The minimum atomic E-state index is -1.45. The van der Waals surface area contributed by atoms with Crippen LogP contribution in [0.3, 0.4) is 0 Å². The number of rotatable bonds is 5. The number of benzene rings is 2. The van der Waals surface area contributed by atoms with Crippen LogP contribution in [0.1, 0.15) is 18.4 Å². The van der Waals surface area contributed by atoms with Crippen molar-refractivity contribution in [2.45, 2.75) is 19.0 Å². The van der Waals surface area contributed by atoms with Gasteiger partial charge in [-0.3, -0.25) is 9.69 Å². The molecule has 0 aliphatic carbocycles. The molecule has 0 spiro atoms. The number of para-hydroxylation sites is 1. The predicted molar refractivity (Wildman–Crippen MR) is 104 cm³/mol. The third-order valence-corrected chi connectivity index (χ3v) is 5.17. The molecule has 2 aromatic carbocycles. The lowest BCUT2D eigenvalue weighted by Crippen LogP contribution is -2.41. The molecule has 1 N–H and O–H groups in total. The Morgan fingerprint density at radius 3 is 2.77 bits per heavy atom. The highest BCUT2D eigenvalue weighted by atomic mass is 35.5. The molecule has 3 amide bonds. The fraction of sp³-hybridized carbons (Fsp3) is 0.200. The van der Waals surface area contributed by atoms with Gasteiger partial charge in [0.05, 0.1) is 12.7 Å². The first-order valence-electron chi connectivity index (χ1n) is 8.89. The number of aromatic nitrogens is 2. The number of nitrogens with zero attached hydrogens (tertiary/aromatic N) is 3. The summed E-state index contributed by atoms with van der Waals surface area (Å²) in [5.74, 6) is -0.236. The minimum Gasteiger partial charge on any atom is -0.496 e. The Morgan fingerprint density at radius 1 is 1.27 bits per heavy atom. The van der Waals surface area contributed by atoms with Gasteiger partial charge in [-0.2, -0.15) is 4.98 Å². The molecule has 1 aliphatic heterocycles. The highest BCUT2D eigenvalue weighted by Gasteiger charge is 2.50. The van der Waals surface area contributed by atoms with Crippen LogP contribution in [-0.2, 0) is 16.9 Å². The van der Waals surface area contributed by atoms with Gasteiger partial charge in [-0.1, -0.05) is 35.0 Å². The normalized spacial score (nSPS) is 18.6.